The largest absolute Gasteiger partial charge is 0.300 e. The van der Waals surface area contributed by atoms with Crippen LogP contribution in [0.3, 0.4) is 0 Å². The number of rotatable bonds is 2. The molecule has 0 saturated heterocycles. The molecule has 36 valence electrons. The molecule has 0 fully saturated rings. The summed E-state index contributed by atoms with van der Waals surface area (Å²) in [5.74, 6) is 4.60. The van der Waals surface area contributed by atoms with Gasteiger partial charge in [-0.05, 0) is 6.08 Å². The Morgan fingerprint density at radius 2 is 2.50 bits per heavy atom. The van der Waals surface area contributed by atoms with E-state index in [0.717, 1.165) is 0 Å². The van der Waals surface area contributed by atoms with Crippen molar-refractivity contribution in [1.29, 1.82) is 0 Å². The summed E-state index contributed by atoms with van der Waals surface area (Å²) >= 11 is 5.06. The molecule has 0 aromatic carbocycles. The summed E-state index contributed by atoms with van der Waals surface area (Å²) in [6.07, 6.45) is 1.60. The van der Waals surface area contributed by atoms with E-state index in [1.54, 1.807) is 6.08 Å². The highest BCUT2D eigenvalue weighted by Crippen LogP contribution is 1.74. The Hall–Kier alpha value is -0.0500. The van der Waals surface area contributed by atoms with Gasteiger partial charge in [-0.3, -0.25) is 0 Å². The lowest BCUT2D eigenvalue weighted by molar-refractivity contribution is 0.168. The monoisotopic (exact) mass is 107 g/mol. The second-order valence-electron chi connectivity index (χ2n) is 0.695. The molecule has 0 aliphatic carbocycles. The van der Waals surface area contributed by atoms with Crippen LogP contribution < -0.4 is 5.90 Å². The van der Waals surface area contributed by atoms with Crippen LogP contribution in [0.1, 0.15) is 0 Å². The zero-order chi connectivity index (χ0) is 4.83. The van der Waals surface area contributed by atoms with E-state index < -0.39 is 0 Å². The number of hydrogen-bond donors (Lipinski definition) is 1. The van der Waals surface area contributed by atoms with E-state index in [1.165, 1.54) is 5.54 Å². The van der Waals surface area contributed by atoms with Crippen molar-refractivity contribution in [2.75, 3.05) is 6.61 Å². The molecule has 0 spiro atoms. The maximum absolute atomic E-state index is 5.06. The number of nitrogens with two attached hydrogens (primary N) is 1. The molecular formula is C3H6ClNO. The molecule has 0 aromatic rings. The van der Waals surface area contributed by atoms with Gasteiger partial charge in [0.15, 0.2) is 0 Å². The lowest BCUT2D eigenvalue weighted by Crippen LogP contribution is -1.96. The first-order valence-electron chi connectivity index (χ1n) is 1.48. The predicted octanol–water partition coefficient (Wildman–Crippen LogP) is 0.629. The highest BCUT2D eigenvalue weighted by molar-refractivity contribution is 6.25. The fourth-order valence-corrected chi connectivity index (χ4v) is 0.165. The Morgan fingerprint density at radius 3 is 2.67 bits per heavy atom. The molecule has 0 radical (unpaired) electrons. The molecule has 0 heterocycles. The van der Waals surface area contributed by atoms with Crippen molar-refractivity contribution in [3.8, 4) is 0 Å². The molecule has 6 heavy (non-hydrogen) atoms. The van der Waals surface area contributed by atoms with Crippen LogP contribution in [-0.4, -0.2) is 6.61 Å². The third-order valence-electron chi connectivity index (χ3n) is 0.282. The first-order chi connectivity index (χ1) is 2.91. The summed E-state index contributed by atoms with van der Waals surface area (Å²) in [6.45, 7) is 0.378. The van der Waals surface area contributed by atoms with Crippen LogP contribution in [0.4, 0.5) is 0 Å². The van der Waals surface area contributed by atoms with Gasteiger partial charge in [0.2, 0.25) is 0 Å². The second kappa shape index (κ2) is 4.95. The SMILES string of the molecule is NOC/C=C/Cl. The summed E-state index contributed by atoms with van der Waals surface area (Å²) in [5, 5.41) is 0. The molecule has 0 atom stereocenters. The normalized spacial score (nSPS) is 10.3. The van der Waals surface area contributed by atoms with E-state index in [4.69, 9.17) is 11.6 Å². The van der Waals surface area contributed by atoms with E-state index in [0.29, 0.717) is 6.61 Å². The minimum absolute atomic E-state index is 0.378. The van der Waals surface area contributed by atoms with Crippen molar-refractivity contribution >= 4 is 11.6 Å². The third kappa shape index (κ3) is 3.95. The quantitative estimate of drug-likeness (QED) is 0.526. The smallest absolute Gasteiger partial charge is 0.0872 e. The van der Waals surface area contributed by atoms with Crippen molar-refractivity contribution in [3.05, 3.63) is 11.6 Å². The summed E-state index contributed by atoms with van der Waals surface area (Å²) in [6, 6.07) is 0. The van der Waals surface area contributed by atoms with Crippen LogP contribution in [-0.2, 0) is 4.84 Å². The predicted molar refractivity (Wildman–Crippen MR) is 25.1 cm³/mol. The van der Waals surface area contributed by atoms with Crippen molar-refractivity contribution in [1.82, 2.24) is 0 Å². The first kappa shape index (κ1) is 5.95. The van der Waals surface area contributed by atoms with E-state index >= 15 is 0 Å². The average molecular weight is 108 g/mol. The van der Waals surface area contributed by atoms with Gasteiger partial charge in [-0.15, -0.1) is 0 Å². The van der Waals surface area contributed by atoms with Crippen molar-refractivity contribution in [3.63, 3.8) is 0 Å². The third-order valence-corrected chi connectivity index (χ3v) is 0.460. The van der Waals surface area contributed by atoms with Crippen molar-refractivity contribution in [2.45, 2.75) is 0 Å². The second-order valence-corrected chi connectivity index (χ2v) is 0.947. The molecule has 0 rings (SSSR count). The minimum atomic E-state index is 0.378. The van der Waals surface area contributed by atoms with Crippen molar-refractivity contribution < 1.29 is 4.84 Å². The molecule has 0 bridgehead atoms. The maximum atomic E-state index is 5.06. The topological polar surface area (TPSA) is 35.2 Å². The summed E-state index contributed by atoms with van der Waals surface area (Å²) in [4.78, 5) is 4.11. The van der Waals surface area contributed by atoms with E-state index in [-0.39, 0.29) is 0 Å². The Morgan fingerprint density at radius 1 is 1.83 bits per heavy atom. The lowest BCUT2D eigenvalue weighted by Gasteiger charge is -1.80. The fraction of sp³-hybridized carbons (Fsp3) is 0.333. The Balaban J connectivity index is 2.66. The van der Waals surface area contributed by atoms with Crippen LogP contribution in [0, 0.1) is 0 Å². The molecular weight excluding hydrogens is 101 g/mol. The standard InChI is InChI=1S/C3H6ClNO/c4-2-1-3-6-5/h1-2H,3,5H2/b2-1+. The average Bonchev–Trinajstić information content (AvgIpc) is 1.61. The van der Waals surface area contributed by atoms with Gasteiger partial charge in [-0.1, -0.05) is 11.6 Å². The maximum Gasteiger partial charge on any atom is 0.0872 e. The van der Waals surface area contributed by atoms with Gasteiger partial charge in [0.1, 0.15) is 0 Å². The highest BCUT2D eigenvalue weighted by Gasteiger charge is 1.64. The van der Waals surface area contributed by atoms with Gasteiger partial charge in [0.05, 0.1) is 6.61 Å². The van der Waals surface area contributed by atoms with Gasteiger partial charge in [0, 0.05) is 5.54 Å². The summed E-state index contributed by atoms with van der Waals surface area (Å²) in [7, 11) is 0. The van der Waals surface area contributed by atoms with Gasteiger partial charge in [-0.2, -0.15) is 0 Å². The van der Waals surface area contributed by atoms with Gasteiger partial charge < -0.3 is 4.84 Å². The summed E-state index contributed by atoms with van der Waals surface area (Å²) in [5.41, 5.74) is 1.35. The van der Waals surface area contributed by atoms with Gasteiger partial charge in [-0.25, -0.2) is 5.90 Å². The van der Waals surface area contributed by atoms with E-state index in [9.17, 15) is 0 Å². The zero-order valence-electron chi connectivity index (χ0n) is 3.23. The van der Waals surface area contributed by atoms with Gasteiger partial charge in [0.25, 0.3) is 0 Å². The van der Waals surface area contributed by atoms with E-state index in [1.807, 2.05) is 0 Å². The molecule has 0 saturated carbocycles. The van der Waals surface area contributed by atoms with Crippen LogP contribution in [0.15, 0.2) is 11.6 Å². The summed E-state index contributed by atoms with van der Waals surface area (Å²) < 4.78 is 0. The Kier molecular flexibility index (Phi) is 4.91. The molecule has 0 aliphatic rings. The molecule has 0 aromatic heterocycles. The molecule has 3 heteroatoms. The first-order valence-corrected chi connectivity index (χ1v) is 1.92. The lowest BCUT2D eigenvalue weighted by atomic mass is 10.7. The molecule has 0 unspecified atom stereocenters. The van der Waals surface area contributed by atoms with Crippen LogP contribution >= 0.6 is 11.6 Å². The molecule has 2 nitrogen and oxygen atoms in total. The molecule has 2 N–H and O–H groups in total. The van der Waals surface area contributed by atoms with Gasteiger partial charge >= 0.3 is 0 Å². The van der Waals surface area contributed by atoms with Crippen LogP contribution in [0.2, 0.25) is 0 Å². The Bertz CT molecular complexity index is 46.1. The minimum Gasteiger partial charge on any atom is -0.300 e. The number of halogens is 1. The molecule has 0 aliphatic heterocycles. The van der Waals surface area contributed by atoms with Crippen LogP contribution in [0.5, 0.6) is 0 Å². The van der Waals surface area contributed by atoms with Crippen molar-refractivity contribution in [2.24, 2.45) is 5.90 Å². The Labute approximate surface area is 41.5 Å². The fourth-order valence-electron chi connectivity index (χ4n) is 0.0919. The molecule has 0 amide bonds. The van der Waals surface area contributed by atoms with E-state index in [2.05, 4.69) is 10.7 Å². The van der Waals surface area contributed by atoms with Crippen LogP contribution in [0.25, 0.3) is 0 Å². The zero-order valence-corrected chi connectivity index (χ0v) is 3.98. The number of hydrogen-bond acceptors (Lipinski definition) is 2. The highest BCUT2D eigenvalue weighted by atomic mass is 35.5.